The molecular weight excluding hydrogens is 432 g/mol. The molecule has 4 rings (SSSR count). The average molecular weight is 452 g/mol. The molecule has 0 bridgehead atoms. The van der Waals surface area contributed by atoms with E-state index in [9.17, 15) is 24.3 Å². The first-order chi connectivity index (χ1) is 15.4. The van der Waals surface area contributed by atoms with E-state index in [1.807, 2.05) is 36.4 Å². The number of rotatable bonds is 6. The van der Waals surface area contributed by atoms with Gasteiger partial charge in [-0.3, -0.25) is 9.59 Å². The van der Waals surface area contributed by atoms with Crippen molar-refractivity contribution in [3.05, 3.63) is 82.8 Å². The fourth-order valence-corrected chi connectivity index (χ4v) is 5.00. The minimum atomic E-state index is -1.41. The van der Waals surface area contributed by atoms with Crippen LogP contribution in [0.25, 0.3) is 0 Å². The molecule has 0 radical (unpaired) electrons. The Bertz CT molecular complexity index is 1050. The molecule has 2 aliphatic rings. The van der Waals surface area contributed by atoms with Crippen molar-refractivity contribution < 1.29 is 29.0 Å². The van der Waals surface area contributed by atoms with Gasteiger partial charge >= 0.3 is 11.9 Å². The van der Waals surface area contributed by atoms with Crippen LogP contribution < -0.4 is 5.32 Å². The molecule has 164 valence electrons. The van der Waals surface area contributed by atoms with Crippen molar-refractivity contribution >= 4 is 35.5 Å². The number of ether oxygens (including phenoxy) is 1. The van der Waals surface area contributed by atoms with Crippen molar-refractivity contribution in [1.29, 1.82) is 0 Å². The van der Waals surface area contributed by atoms with Crippen LogP contribution in [0.5, 0.6) is 0 Å². The van der Waals surface area contributed by atoms with Gasteiger partial charge in [-0.1, -0.05) is 60.7 Å². The summed E-state index contributed by atoms with van der Waals surface area (Å²) in [4.78, 5) is 50.5. The fourth-order valence-electron chi connectivity index (χ4n) is 3.79. The van der Waals surface area contributed by atoms with Gasteiger partial charge in [0.2, 0.25) is 11.8 Å². The number of hydrogen-bond acceptors (Lipinski definition) is 6. The van der Waals surface area contributed by atoms with Crippen LogP contribution >= 0.6 is 11.8 Å². The number of carbonyl (C=O) groups excluding carboxylic acids is 3. The Morgan fingerprint density at radius 1 is 1.03 bits per heavy atom. The molecular formula is C23H20N2O6S. The Balaban J connectivity index is 1.65. The van der Waals surface area contributed by atoms with Crippen LogP contribution in [0.3, 0.4) is 0 Å². The highest BCUT2D eigenvalue weighted by molar-refractivity contribution is 8.03. The number of esters is 1. The van der Waals surface area contributed by atoms with Crippen LogP contribution in [-0.2, 0) is 23.9 Å². The van der Waals surface area contributed by atoms with Gasteiger partial charge in [-0.15, -0.1) is 11.8 Å². The van der Waals surface area contributed by atoms with Gasteiger partial charge in [-0.05, 0) is 16.5 Å². The number of nitrogens with zero attached hydrogens (tertiary/aromatic N) is 1. The van der Waals surface area contributed by atoms with Crippen molar-refractivity contribution in [3.8, 4) is 0 Å². The number of aliphatic carboxylic acids is 1. The van der Waals surface area contributed by atoms with E-state index in [1.165, 1.54) is 17.2 Å². The molecule has 1 fully saturated rings. The number of carbonyl (C=O) groups is 4. The normalized spacial score (nSPS) is 21.8. The van der Waals surface area contributed by atoms with Gasteiger partial charge in [-0.2, -0.15) is 0 Å². The predicted octanol–water partition coefficient (Wildman–Crippen LogP) is 2.08. The van der Waals surface area contributed by atoms with Crippen LogP contribution in [0, 0.1) is 0 Å². The number of amides is 2. The lowest BCUT2D eigenvalue weighted by Crippen LogP contribution is -2.74. The molecule has 32 heavy (non-hydrogen) atoms. The second-order valence-electron chi connectivity index (χ2n) is 7.37. The maximum atomic E-state index is 13.3. The average Bonchev–Trinajstić information content (AvgIpc) is 2.80. The van der Waals surface area contributed by atoms with E-state index in [4.69, 9.17) is 4.74 Å². The van der Waals surface area contributed by atoms with Gasteiger partial charge in [0, 0.05) is 6.92 Å². The van der Waals surface area contributed by atoms with Gasteiger partial charge in [0.1, 0.15) is 11.4 Å². The Kier molecular flexibility index (Phi) is 6.00. The van der Waals surface area contributed by atoms with Crippen LogP contribution in [0.1, 0.15) is 24.2 Å². The third kappa shape index (κ3) is 3.99. The lowest BCUT2D eigenvalue weighted by molar-refractivity contribution is -0.166. The van der Waals surface area contributed by atoms with Gasteiger partial charge in [0.25, 0.3) is 0 Å². The summed E-state index contributed by atoms with van der Waals surface area (Å²) in [6, 6.07) is 15.9. The first kappa shape index (κ1) is 21.6. The second-order valence-corrected chi connectivity index (χ2v) is 8.36. The Morgan fingerprint density at radius 3 is 2.09 bits per heavy atom. The van der Waals surface area contributed by atoms with Gasteiger partial charge in [-0.25, -0.2) is 9.59 Å². The number of hydrogen-bond donors (Lipinski definition) is 2. The highest BCUT2D eigenvalue weighted by Gasteiger charge is 2.57. The summed E-state index contributed by atoms with van der Waals surface area (Å²) in [5.41, 5.74) is 1.17. The molecule has 0 aliphatic carbocycles. The molecule has 2 amide bonds. The SMILES string of the molecule is CC(=O)NC1C(=O)N2C(C(=O)OC(c3ccccc3)c3ccccc3)C(C(=O)O)=CS[C@@H]12. The number of carboxylic acid groups (broad SMARTS) is 1. The molecule has 3 atom stereocenters. The molecule has 9 heteroatoms. The smallest absolute Gasteiger partial charge is 0.334 e. The number of benzene rings is 2. The molecule has 2 N–H and O–H groups in total. The van der Waals surface area contributed by atoms with Crippen molar-refractivity contribution in [2.75, 3.05) is 0 Å². The van der Waals surface area contributed by atoms with Gasteiger partial charge < -0.3 is 20.1 Å². The van der Waals surface area contributed by atoms with Gasteiger partial charge in [0.15, 0.2) is 12.1 Å². The molecule has 2 aromatic carbocycles. The van der Waals surface area contributed by atoms with E-state index >= 15 is 0 Å². The number of β-lactam (4-membered cyclic amide) rings is 1. The summed E-state index contributed by atoms with van der Waals surface area (Å²) < 4.78 is 5.83. The maximum Gasteiger partial charge on any atom is 0.334 e. The van der Waals surface area contributed by atoms with E-state index < -0.39 is 41.4 Å². The third-order valence-electron chi connectivity index (χ3n) is 5.25. The standard InChI is InChI=1S/C23H20N2O6S/c1-13(26)24-17-20(27)25-18(16(22(28)29)12-32-21(17)25)23(30)31-19(14-8-4-2-5-9-14)15-10-6-3-7-11-15/h2-12,17-19,21H,1H3,(H,24,26)(H,28,29)/t17?,18?,21-/m0/s1. The minimum Gasteiger partial charge on any atom is -0.478 e. The van der Waals surface area contributed by atoms with Gasteiger partial charge in [0.05, 0.1) is 5.57 Å². The Morgan fingerprint density at radius 2 is 1.59 bits per heavy atom. The van der Waals surface area contributed by atoms with Crippen LogP contribution in [0.15, 0.2) is 71.6 Å². The minimum absolute atomic E-state index is 0.245. The molecule has 1 saturated heterocycles. The third-order valence-corrected chi connectivity index (χ3v) is 6.42. The fraction of sp³-hybridized carbons (Fsp3) is 0.217. The second kappa shape index (κ2) is 8.88. The zero-order valence-corrected chi connectivity index (χ0v) is 17.8. The molecule has 2 unspecified atom stereocenters. The maximum absolute atomic E-state index is 13.3. The summed E-state index contributed by atoms with van der Waals surface area (Å²) in [5.74, 6) is -3.08. The zero-order chi connectivity index (χ0) is 22.8. The molecule has 2 heterocycles. The highest BCUT2D eigenvalue weighted by Crippen LogP contribution is 2.41. The molecule has 2 aromatic rings. The van der Waals surface area contributed by atoms with E-state index in [0.717, 1.165) is 11.8 Å². The van der Waals surface area contributed by atoms with Crippen LogP contribution in [0.2, 0.25) is 0 Å². The summed E-state index contributed by atoms with van der Waals surface area (Å²) in [6.07, 6.45) is -0.782. The largest absolute Gasteiger partial charge is 0.478 e. The summed E-state index contributed by atoms with van der Waals surface area (Å²) in [7, 11) is 0. The number of carboxylic acids is 1. The monoisotopic (exact) mass is 452 g/mol. The summed E-state index contributed by atoms with van der Waals surface area (Å²) >= 11 is 1.08. The van der Waals surface area contributed by atoms with E-state index in [0.29, 0.717) is 11.1 Å². The number of fused-ring (bicyclic) bond motifs is 1. The predicted molar refractivity (Wildman–Crippen MR) is 116 cm³/mol. The first-order valence-corrected chi connectivity index (χ1v) is 10.8. The van der Waals surface area contributed by atoms with Crippen molar-refractivity contribution in [2.45, 2.75) is 30.5 Å². The van der Waals surface area contributed by atoms with E-state index in [1.54, 1.807) is 24.3 Å². The molecule has 0 aromatic heterocycles. The number of nitrogens with one attached hydrogen (secondary N) is 1. The lowest BCUT2D eigenvalue weighted by atomic mass is 9.97. The molecule has 2 aliphatic heterocycles. The molecule has 8 nitrogen and oxygen atoms in total. The van der Waals surface area contributed by atoms with Crippen molar-refractivity contribution in [3.63, 3.8) is 0 Å². The molecule has 0 saturated carbocycles. The van der Waals surface area contributed by atoms with Crippen LogP contribution in [0.4, 0.5) is 0 Å². The van der Waals surface area contributed by atoms with Crippen molar-refractivity contribution in [2.24, 2.45) is 0 Å². The Labute approximate surface area is 188 Å². The van der Waals surface area contributed by atoms with E-state index in [-0.39, 0.29) is 11.5 Å². The molecule has 0 spiro atoms. The topological polar surface area (TPSA) is 113 Å². The Hall–Kier alpha value is -3.59. The zero-order valence-electron chi connectivity index (χ0n) is 17.0. The first-order valence-electron chi connectivity index (χ1n) is 9.87. The summed E-state index contributed by atoms with van der Waals surface area (Å²) in [5, 5.41) is 13.0. The highest BCUT2D eigenvalue weighted by atomic mass is 32.2. The quantitative estimate of drug-likeness (QED) is 0.510. The lowest BCUT2D eigenvalue weighted by Gasteiger charge is -2.51. The van der Waals surface area contributed by atoms with Crippen LogP contribution in [-0.4, -0.2) is 51.2 Å². The van der Waals surface area contributed by atoms with Crippen molar-refractivity contribution in [1.82, 2.24) is 10.2 Å². The number of thioether (sulfide) groups is 1. The van der Waals surface area contributed by atoms with E-state index in [2.05, 4.69) is 5.32 Å². The summed E-state index contributed by atoms with van der Waals surface area (Å²) in [6.45, 7) is 1.29.